The zero-order valence-electron chi connectivity index (χ0n) is 32.9. The van der Waals surface area contributed by atoms with Crippen molar-refractivity contribution in [2.24, 2.45) is 0 Å². The van der Waals surface area contributed by atoms with Gasteiger partial charge in [-0.05, 0) is 63.1 Å². The van der Waals surface area contributed by atoms with E-state index < -0.39 is 60.0 Å². The van der Waals surface area contributed by atoms with Crippen LogP contribution in [0.2, 0.25) is 0 Å². The van der Waals surface area contributed by atoms with Gasteiger partial charge in [0.2, 0.25) is 0 Å². The Balaban J connectivity index is 1.01. The van der Waals surface area contributed by atoms with E-state index in [2.05, 4.69) is 21.3 Å². The van der Waals surface area contributed by atoms with Crippen LogP contribution in [0.15, 0.2) is 48.5 Å². The van der Waals surface area contributed by atoms with E-state index >= 15 is 0 Å². The molecule has 58 heavy (non-hydrogen) atoms. The van der Waals surface area contributed by atoms with Gasteiger partial charge in [-0.1, -0.05) is 24.3 Å². The first-order valence-corrected chi connectivity index (χ1v) is 18.9. The van der Waals surface area contributed by atoms with Gasteiger partial charge in [-0.3, -0.25) is 29.0 Å². The summed E-state index contributed by atoms with van der Waals surface area (Å²) >= 11 is 0. The van der Waals surface area contributed by atoms with Gasteiger partial charge >= 0.3 is 47.9 Å². The summed E-state index contributed by atoms with van der Waals surface area (Å²) in [4.78, 5) is 103. The molecule has 0 aliphatic carbocycles. The summed E-state index contributed by atoms with van der Waals surface area (Å²) in [7, 11) is 0. The van der Waals surface area contributed by atoms with E-state index in [1.165, 1.54) is 9.80 Å². The van der Waals surface area contributed by atoms with Crippen molar-refractivity contribution in [1.29, 1.82) is 0 Å². The number of rotatable bonds is 17. The average molecular weight is 811 g/mol. The molecule has 0 bridgehead atoms. The van der Waals surface area contributed by atoms with Gasteiger partial charge in [0.1, 0.15) is 11.5 Å². The molecular formula is C38H50N8O12. The molecule has 4 rings (SSSR count). The normalized spacial score (nSPS) is 15.4. The predicted molar refractivity (Wildman–Crippen MR) is 204 cm³/mol. The van der Waals surface area contributed by atoms with Crippen LogP contribution >= 0.6 is 0 Å². The highest BCUT2D eigenvalue weighted by Crippen LogP contribution is 2.20. The van der Waals surface area contributed by atoms with Crippen LogP contribution in [-0.2, 0) is 28.7 Å². The minimum absolute atomic E-state index is 0.111. The molecule has 10 amide bonds. The number of nitrogens with one attached hydrogen (secondary N) is 4. The summed E-state index contributed by atoms with van der Waals surface area (Å²) < 4.78 is 21.4. The Morgan fingerprint density at radius 2 is 0.914 bits per heavy atom. The number of benzene rings is 2. The first kappa shape index (κ1) is 44.4. The second kappa shape index (κ2) is 21.9. The van der Waals surface area contributed by atoms with Crippen molar-refractivity contribution >= 4 is 47.9 Å². The highest BCUT2D eigenvalue weighted by Gasteiger charge is 2.37. The van der Waals surface area contributed by atoms with E-state index in [1.54, 1.807) is 76.2 Å². The highest BCUT2D eigenvalue weighted by molar-refractivity contribution is 6.38. The average Bonchev–Trinajstić information content (AvgIpc) is 3.20. The predicted octanol–water partition coefficient (Wildman–Crippen LogP) is 1.52. The smallest absolute Gasteiger partial charge is 0.410 e. The summed E-state index contributed by atoms with van der Waals surface area (Å²) in [5.74, 6) is -2.60. The van der Waals surface area contributed by atoms with E-state index in [-0.39, 0.29) is 77.2 Å². The van der Waals surface area contributed by atoms with Crippen molar-refractivity contribution in [2.75, 3.05) is 78.8 Å². The lowest BCUT2D eigenvalue weighted by atomic mass is 10.1. The summed E-state index contributed by atoms with van der Waals surface area (Å²) in [5.41, 5.74) is 1.38. The van der Waals surface area contributed by atoms with E-state index in [9.17, 15) is 38.4 Å². The Labute approximate surface area is 335 Å². The van der Waals surface area contributed by atoms with E-state index in [1.807, 2.05) is 0 Å². The van der Waals surface area contributed by atoms with Crippen LogP contribution in [0.1, 0.15) is 50.9 Å². The van der Waals surface area contributed by atoms with Crippen LogP contribution in [0, 0.1) is 0 Å². The van der Waals surface area contributed by atoms with Crippen molar-refractivity contribution in [3.05, 3.63) is 59.7 Å². The van der Waals surface area contributed by atoms with Crippen LogP contribution in [-0.4, -0.2) is 146 Å². The summed E-state index contributed by atoms with van der Waals surface area (Å²) in [6.45, 7) is 9.76. The number of hydrogen-bond donors (Lipinski definition) is 4. The quantitative estimate of drug-likeness (QED) is 0.132. The number of ether oxygens (including phenoxy) is 4. The summed E-state index contributed by atoms with van der Waals surface area (Å²) in [6, 6.07) is 10.6. The lowest BCUT2D eigenvalue weighted by Gasteiger charge is -2.32. The molecule has 0 saturated carbocycles. The van der Waals surface area contributed by atoms with Gasteiger partial charge in [0.25, 0.3) is 0 Å². The Morgan fingerprint density at radius 3 is 1.26 bits per heavy atom. The van der Waals surface area contributed by atoms with Gasteiger partial charge in [-0.2, -0.15) is 0 Å². The fourth-order valence-corrected chi connectivity index (χ4v) is 5.74. The minimum Gasteiger partial charge on any atom is -0.410 e. The molecule has 20 nitrogen and oxygen atoms in total. The molecule has 2 saturated heterocycles. The van der Waals surface area contributed by atoms with Crippen LogP contribution in [0.25, 0.3) is 0 Å². The van der Waals surface area contributed by atoms with Gasteiger partial charge in [-0.15, -0.1) is 0 Å². The number of nitrogens with zero attached hydrogens (tertiary/aromatic N) is 4. The highest BCUT2D eigenvalue weighted by atomic mass is 16.6. The number of likely N-dealkylation sites (N-methyl/N-ethyl adjacent to an activating group) is 2. The monoisotopic (exact) mass is 810 g/mol. The third-order valence-electron chi connectivity index (χ3n) is 9.14. The second-order valence-electron chi connectivity index (χ2n) is 13.0. The Kier molecular flexibility index (Phi) is 16.8. The Bertz CT molecular complexity index is 1660. The number of piperazine rings is 2. The van der Waals surface area contributed by atoms with Crippen molar-refractivity contribution in [2.45, 2.75) is 39.8 Å². The third-order valence-corrected chi connectivity index (χ3v) is 9.14. The van der Waals surface area contributed by atoms with Gasteiger partial charge < -0.3 is 50.0 Å². The maximum atomic E-state index is 12.6. The number of hydrogen-bond acceptors (Lipinski definition) is 12. The van der Waals surface area contributed by atoms with Gasteiger partial charge in [0, 0.05) is 52.4 Å². The number of imide groups is 2. The molecule has 2 fully saturated rings. The van der Waals surface area contributed by atoms with E-state index in [0.717, 1.165) is 9.80 Å². The Morgan fingerprint density at radius 1 is 0.552 bits per heavy atom. The van der Waals surface area contributed by atoms with Crippen molar-refractivity contribution in [1.82, 2.24) is 40.9 Å². The molecule has 0 spiro atoms. The standard InChI is InChI=1S/C38H50N8O12/c1-5-43-17-19-45(33(49)31(43)47)35(51)41-25(3)27-7-11-29(12-8-27)57-37(53)39-15-21-55-23-24-56-22-16-40-38(54)58-30-13-9-28(10-14-30)26(4)42-36(52)46-20-18-44(6-2)32(48)34(46)50/h7-14,25-26H,5-6,15-24H2,1-4H3,(H,39,53)(H,40,54)(H,41,51)(H,42,52). The van der Waals surface area contributed by atoms with Gasteiger partial charge in [-0.25, -0.2) is 19.2 Å². The zero-order valence-corrected chi connectivity index (χ0v) is 32.9. The third kappa shape index (κ3) is 12.6. The van der Waals surface area contributed by atoms with Gasteiger partial charge in [0.15, 0.2) is 0 Å². The summed E-state index contributed by atoms with van der Waals surface area (Å²) in [5, 5.41) is 10.6. The van der Waals surface area contributed by atoms with E-state index in [4.69, 9.17) is 18.9 Å². The molecule has 0 radical (unpaired) electrons. The number of carbonyl (C=O) groups is 8. The van der Waals surface area contributed by atoms with Crippen molar-refractivity contribution in [3.63, 3.8) is 0 Å². The van der Waals surface area contributed by atoms with E-state index in [0.29, 0.717) is 24.2 Å². The van der Waals surface area contributed by atoms with Crippen molar-refractivity contribution in [3.8, 4) is 11.5 Å². The lowest BCUT2D eigenvalue weighted by molar-refractivity contribution is -0.153. The largest absolute Gasteiger partial charge is 0.412 e. The summed E-state index contributed by atoms with van der Waals surface area (Å²) in [6.07, 6.45) is -1.38. The van der Waals surface area contributed by atoms with Gasteiger partial charge in [0.05, 0.1) is 38.5 Å². The molecule has 2 aromatic carbocycles. The molecule has 2 aliphatic rings. The molecule has 20 heteroatoms. The molecule has 2 atom stereocenters. The molecule has 4 N–H and O–H groups in total. The maximum absolute atomic E-state index is 12.6. The molecule has 2 aliphatic heterocycles. The fourth-order valence-electron chi connectivity index (χ4n) is 5.74. The molecule has 2 aromatic rings. The van der Waals surface area contributed by atoms with Crippen LogP contribution in [0.5, 0.6) is 11.5 Å². The Hall–Kier alpha value is -6.28. The first-order valence-electron chi connectivity index (χ1n) is 18.9. The first-order chi connectivity index (χ1) is 27.8. The number of carbonyl (C=O) groups excluding carboxylic acids is 8. The minimum atomic E-state index is -0.864. The zero-order chi connectivity index (χ0) is 42.2. The SMILES string of the molecule is CCN1CCN(C(=O)NC(C)c2ccc(OC(=O)NCCOCCOCCNC(=O)Oc3ccc(C(C)NC(=O)N4CCN(CC)C(=O)C4=O)cc3)cc2)C(=O)C1=O. The van der Waals surface area contributed by atoms with Crippen molar-refractivity contribution < 1.29 is 57.3 Å². The van der Waals surface area contributed by atoms with Crippen LogP contribution < -0.4 is 30.7 Å². The molecular weight excluding hydrogens is 760 g/mol. The van der Waals surface area contributed by atoms with Crippen LogP contribution in [0.4, 0.5) is 19.2 Å². The molecule has 314 valence electrons. The maximum Gasteiger partial charge on any atom is 0.412 e. The van der Waals surface area contributed by atoms with Crippen LogP contribution in [0.3, 0.4) is 0 Å². The lowest BCUT2D eigenvalue weighted by Crippen LogP contribution is -2.58. The topological polar surface area (TPSA) is 235 Å². The second-order valence-corrected chi connectivity index (χ2v) is 13.0. The number of amides is 10. The molecule has 0 aromatic heterocycles. The fraction of sp³-hybridized carbons (Fsp3) is 0.474. The molecule has 2 unspecified atom stereocenters. The molecule has 2 heterocycles. The number of urea groups is 2.